The van der Waals surface area contributed by atoms with E-state index in [2.05, 4.69) is 51.2 Å². The van der Waals surface area contributed by atoms with E-state index in [0.29, 0.717) is 29.1 Å². The van der Waals surface area contributed by atoms with E-state index in [1.165, 1.54) is 13.1 Å². The predicted octanol–water partition coefficient (Wildman–Crippen LogP) is 0.510. The standard InChI is InChI=1S/C20H27N8OP/c1-26-8-13-10-27(11-14(13)9-26)15-5-4-12(6-22-15)7-28-18-16(23-20(28)29)17(21)24-19(25-18)30(2)3/h4-6,13-14H,7-11H2,1-3H3,(H,23,29)(H2,21,24,25). The molecule has 0 aliphatic carbocycles. The quantitative estimate of drug-likeness (QED) is 0.585. The fourth-order valence-corrected chi connectivity index (χ4v) is 5.28. The fraction of sp³-hybridized carbons (Fsp3) is 0.500. The zero-order chi connectivity index (χ0) is 21.0. The lowest BCUT2D eigenvalue weighted by Crippen LogP contribution is -2.27. The van der Waals surface area contributed by atoms with Crippen molar-refractivity contribution in [2.45, 2.75) is 6.54 Å². The zero-order valence-electron chi connectivity index (χ0n) is 17.5. The number of imidazole rings is 1. The van der Waals surface area contributed by atoms with Crippen LogP contribution < -0.4 is 21.9 Å². The smallest absolute Gasteiger partial charge is 0.328 e. The first-order valence-electron chi connectivity index (χ1n) is 10.2. The molecule has 0 aromatic carbocycles. The number of anilines is 2. The predicted molar refractivity (Wildman–Crippen MR) is 121 cm³/mol. The van der Waals surface area contributed by atoms with Crippen LogP contribution in [0, 0.1) is 11.8 Å². The van der Waals surface area contributed by atoms with Crippen LogP contribution in [0.25, 0.3) is 11.2 Å². The maximum atomic E-state index is 12.5. The van der Waals surface area contributed by atoms with Gasteiger partial charge in [0.1, 0.15) is 11.3 Å². The van der Waals surface area contributed by atoms with Crippen LogP contribution in [-0.2, 0) is 6.54 Å². The van der Waals surface area contributed by atoms with Crippen molar-refractivity contribution in [3.8, 4) is 0 Å². The lowest BCUT2D eigenvalue weighted by Gasteiger charge is -2.20. The highest BCUT2D eigenvalue weighted by molar-refractivity contribution is 7.63. The van der Waals surface area contributed by atoms with Crippen molar-refractivity contribution in [1.29, 1.82) is 0 Å². The van der Waals surface area contributed by atoms with Crippen LogP contribution in [0.5, 0.6) is 0 Å². The molecule has 158 valence electrons. The number of H-pyrrole nitrogens is 1. The van der Waals surface area contributed by atoms with E-state index in [4.69, 9.17) is 10.7 Å². The van der Waals surface area contributed by atoms with Gasteiger partial charge in [-0.1, -0.05) is 6.07 Å². The first kappa shape index (κ1) is 19.5. The number of hydrogen-bond acceptors (Lipinski definition) is 7. The van der Waals surface area contributed by atoms with Crippen molar-refractivity contribution >= 4 is 36.3 Å². The number of nitrogens with two attached hydrogens (primary N) is 1. The molecule has 0 radical (unpaired) electrons. The molecule has 0 bridgehead atoms. The van der Waals surface area contributed by atoms with E-state index >= 15 is 0 Å². The number of nitrogens with one attached hydrogen (secondary N) is 1. The summed E-state index contributed by atoms with van der Waals surface area (Å²) in [7, 11) is 1.68. The SMILES string of the molecule is CN1CC2CN(c3ccc(Cn4c(=O)[nH]c5c(N)nc(P(C)C)nc54)cn3)CC2C1. The molecule has 0 amide bonds. The van der Waals surface area contributed by atoms with Gasteiger partial charge in [-0.3, -0.25) is 4.57 Å². The fourth-order valence-electron chi connectivity index (χ4n) is 4.68. The average molecular weight is 426 g/mol. The highest BCUT2D eigenvalue weighted by Gasteiger charge is 2.38. The molecule has 2 atom stereocenters. The molecule has 0 spiro atoms. The molecule has 5 rings (SSSR count). The summed E-state index contributed by atoms with van der Waals surface area (Å²) >= 11 is 0. The molecular formula is C20H27N8OP. The van der Waals surface area contributed by atoms with Gasteiger partial charge in [0.05, 0.1) is 6.54 Å². The van der Waals surface area contributed by atoms with Crippen molar-refractivity contribution < 1.29 is 0 Å². The van der Waals surface area contributed by atoms with Crippen molar-refractivity contribution in [2.24, 2.45) is 11.8 Å². The molecule has 10 heteroatoms. The van der Waals surface area contributed by atoms with Crippen molar-refractivity contribution in [3.63, 3.8) is 0 Å². The first-order valence-corrected chi connectivity index (χ1v) is 12.4. The van der Waals surface area contributed by atoms with Gasteiger partial charge in [0.2, 0.25) is 0 Å². The minimum absolute atomic E-state index is 0.236. The zero-order valence-corrected chi connectivity index (χ0v) is 18.4. The highest BCUT2D eigenvalue weighted by atomic mass is 31.1. The first-order chi connectivity index (χ1) is 14.4. The van der Waals surface area contributed by atoms with Crippen LogP contribution in [-0.4, -0.2) is 76.0 Å². The molecule has 9 nitrogen and oxygen atoms in total. The van der Waals surface area contributed by atoms with Crippen molar-refractivity contribution in [2.75, 3.05) is 57.2 Å². The van der Waals surface area contributed by atoms with Gasteiger partial charge in [-0.15, -0.1) is 0 Å². The third kappa shape index (κ3) is 3.36. The number of rotatable bonds is 4. The summed E-state index contributed by atoms with van der Waals surface area (Å²) < 4.78 is 1.61. The molecule has 0 saturated carbocycles. The second-order valence-corrected chi connectivity index (χ2v) is 10.9. The number of likely N-dealkylation sites (tertiary alicyclic amines) is 1. The number of nitrogen functional groups attached to an aromatic ring is 1. The average Bonchev–Trinajstić information content (AvgIpc) is 3.34. The Morgan fingerprint density at radius 1 is 1.17 bits per heavy atom. The number of aromatic amines is 1. The minimum atomic E-state index is -0.517. The van der Waals surface area contributed by atoms with Crippen LogP contribution in [0.4, 0.5) is 11.6 Å². The molecule has 5 heterocycles. The number of aromatic nitrogens is 5. The van der Waals surface area contributed by atoms with Gasteiger partial charge in [-0.05, 0) is 51.8 Å². The van der Waals surface area contributed by atoms with Gasteiger partial charge in [0.15, 0.2) is 17.0 Å². The Morgan fingerprint density at radius 3 is 2.53 bits per heavy atom. The maximum absolute atomic E-state index is 12.5. The molecule has 3 aromatic heterocycles. The molecule has 2 fully saturated rings. The summed E-state index contributed by atoms with van der Waals surface area (Å²) in [5, 5.41) is 0. The highest BCUT2D eigenvalue weighted by Crippen LogP contribution is 2.32. The lowest BCUT2D eigenvalue weighted by atomic mass is 10.0. The van der Waals surface area contributed by atoms with Gasteiger partial charge in [0.25, 0.3) is 0 Å². The Bertz CT molecular complexity index is 1120. The maximum Gasteiger partial charge on any atom is 0.328 e. The van der Waals surface area contributed by atoms with Crippen molar-refractivity contribution in [1.82, 2.24) is 29.4 Å². The molecule has 2 saturated heterocycles. The second kappa shape index (κ2) is 7.32. The Morgan fingerprint density at radius 2 is 1.90 bits per heavy atom. The summed E-state index contributed by atoms with van der Waals surface area (Å²) in [6, 6.07) is 4.11. The van der Waals surface area contributed by atoms with Crippen molar-refractivity contribution in [3.05, 3.63) is 34.4 Å². The van der Waals surface area contributed by atoms with Gasteiger partial charge >= 0.3 is 5.69 Å². The molecule has 3 N–H and O–H groups in total. The van der Waals surface area contributed by atoms with Gasteiger partial charge in [0, 0.05) is 32.4 Å². The summed E-state index contributed by atoms with van der Waals surface area (Å²) in [5.41, 5.74) is 8.53. The number of fused-ring (bicyclic) bond motifs is 2. The molecule has 2 aliphatic heterocycles. The van der Waals surface area contributed by atoms with Crippen LogP contribution in [0.1, 0.15) is 5.56 Å². The number of hydrogen-bond donors (Lipinski definition) is 2. The van der Waals surface area contributed by atoms with E-state index in [9.17, 15) is 4.79 Å². The molecule has 2 aliphatic rings. The molecule has 2 unspecified atom stereocenters. The third-order valence-corrected chi connectivity index (χ3v) is 7.18. The monoisotopic (exact) mass is 426 g/mol. The van der Waals surface area contributed by atoms with E-state index in [0.717, 1.165) is 36.3 Å². The summed E-state index contributed by atoms with van der Waals surface area (Å²) in [4.78, 5) is 33.8. The normalized spacial score (nSPS) is 21.8. The van der Waals surface area contributed by atoms with Crippen LogP contribution in [0.2, 0.25) is 0 Å². The molecule has 30 heavy (non-hydrogen) atoms. The lowest BCUT2D eigenvalue weighted by molar-refractivity contribution is 0.387. The topological polar surface area (TPSA) is 109 Å². The van der Waals surface area contributed by atoms with Gasteiger partial charge in [-0.25, -0.2) is 19.7 Å². The largest absolute Gasteiger partial charge is 0.382 e. The van der Waals surface area contributed by atoms with Gasteiger partial charge in [-0.2, -0.15) is 0 Å². The Hall–Kier alpha value is -2.51. The van der Waals surface area contributed by atoms with E-state index < -0.39 is 7.92 Å². The third-order valence-electron chi connectivity index (χ3n) is 6.18. The molecular weight excluding hydrogens is 399 g/mol. The van der Waals surface area contributed by atoms with Gasteiger partial charge < -0.3 is 20.5 Å². The minimum Gasteiger partial charge on any atom is -0.382 e. The van der Waals surface area contributed by atoms with E-state index in [1.54, 1.807) is 4.57 Å². The Labute approximate surface area is 176 Å². The summed E-state index contributed by atoms with van der Waals surface area (Å²) in [6.07, 6.45) is 1.86. The Kier molecular flexibility index (Phi) is 4.75. The van der Waals surface area contributed by atoms with Crippen LogP contribution >= 0.6 is 7.92 Å². The Balaban J connectivity index is 1.38. The van der Waals surface area contributed by atoms with Crippen LogP contribution in [0.15, 0.2) is 23.1 Å². The second-order valence-electron chi connectivity index (χ2n) is 8.69. The number of nitrogens with zero attached hydrogens (tertiary/aromatic N) is 6. The van der Waals surface area contributed by atoms with E-state index in [1.807, 2.05) is 12.3 Å². The van der Waals surface area contributed by atoms with Crippen LogP contribution in [0.3, 0.4) is 0 Å². The molecule has 3 aromatic rings. The number of pyridine rings is 1. The van der Waals surface area contributed by atoms with E-state index in [-0.39, 0.29) is 5.69 Å². The summed E-state index contributed by atoms with van der Waals surface area (Å²) in [5.74, 6) is 2.81. The summed E-state index contributed by atoms with van der Waals surface area (Å²) in [6.45, 7) is 9.01.